The third-order valence-electron chi connectivity index (χ3n) is 2.71. The zero-order valence-corrected chi connectivity index (χ0v) is 11.7. The highest BCUT2D eigenvalue weighted by Crippen LogP contribution is 2.09. The zero-order chi connectivity index (χ0) is 15.0. The lowest BCUT2D eigenvalue weighted by molar-refractivity contribution is -0.138. The van der Waals surface area contributed by atoms with Crippen LogP contribution in [0.15, 0.2) is 24.3 Å². The minimum Gasteiger partial charge on any atom is -0.465 e. The van der Waals surface area contributed by atoms with Crippen molar-refractivity contribution in [3.63, 3.8) is 0 Å². The van der Waals surface area contributed by atoms with Crippen molar-refractivity contribution in [3.8, 4) is 0 Å². The van der Waals surface area contributed by atoms with Crippen LogP contribution < -0.4 is 0 Å². The normalized spacial score (nSPS) is 9.90. The largest absolute Gasteiger partial charge is 0.465 e. The third kappa shape index (κ3) is 4.84. The van der Waals surface area contributed by atoms with Gasteiger partial charge in [0, 0.05) is 6.42 Å². The molecule has 0 radical (unpaired) electrons. The van der Waals surface area contributed by atoms with Gasteiger partial charge in [0.2, 0.25) is 0 Å². The molecule has 108 valence electrons. The fourth-order valence-electron chi connectivity index (χ4n) is 1.62. The second-order valence-electron chi connectivity index (χ2n) is 4.29. The molecule has 5 heteroatoms. The van der Waals surface area contributed by atoms with Gasteiger partial charge in [0.25, 0.3) is 0 Å². The average Bonchev–Trinajstić information content (AvgIpc) is 2.46. The highest BCUT2D eigenvalue weighted by atomic mass is 16.6. The maximum Gasteiger partial charge on any atom is 0.345 e. The molecule has 0 aliphatic rings. The Hall–Kier alpha value is -2.17. The predicted octanol–water partition coefficient (Wildman–Crippen LogP) is 2.74. The van der Waals surface area contributed by atoms with Gasteiger partial charge in [-0.25, -0.2) is 9.59 Å². The Balaban J connectivity index is 2.63. The van der Waals surface area contributed by atoms with Crippen LogP contribution in [0.2, 0.25) is 0 Å². The molecule has 0 spiro atoms. The maximum atomic E-state index is 11.8. The summed E-state index contributed by atoms with van der Waals surface area (Å²) >= 11 is 0. The summed E-state index contributed by atoms with van der Waals surface area (Å²) < 4.78 is 9.28. The molecule has 0 amide bonds. The van der Waals surface area contributed by atoms with Crippen LogP contribution in [0.5, 0.6) is 0 Å². The molecule has 0 N–H and O–H groups in total. The van der Waals surface area contributed by atoms with Gasteiger partial charge in [-0.2, -0.15) is 0 Å². The van der Waals surface area contributed by atoms with Crippen molar-refractivity contribution in [2.75, 3.05) is 7.11 Å². The summed E-state index contributed by atoms with van der Waals surface area (Å²) in [4.78, 5) is 34.5. The minimum atomic E-state index is -0.753. The molecule has 0 aliphatic heterocycles. The first-order valence-electron chi connectivity index (χ1n) is 6.52. The van der Waals surface area contributed by atoms with Crippen molar-refractivity contribution in [1.82, 2.24) is 0 Å². The van der Waals surface area contributed by atoms with Crippen LogP contribution in [0.4, 0.5) is 0 Å². The van der Waals surface area contributed by atoms with Crippen molar-refractivity contribution in [2.45, 2.75) is 32.6 Å². The van der Waals surface area contributed by atoms with Crippen LogP contribution in [-0.2, 0) is 14.3 Å². The number of hydrogen-bond acceptors (Lipinski definition) is 5. The Morgan fingerprint density at radius 2 is 1.70 bits per heavy atom. The number of unbranched alkanes of at least 4 members (excludes halogenated alkanes) is 2. The molecular formula is C15H18O5. The zero-order valence-electron chi connectivity index (χ0n) is 11.7. The molecule has 0 saturated heterocycles. The number of carbonyl (C=O) groups is 3. The highest BCUT2D eigenvalue weighted by Gasteiger charge is 2.15. The van der Waals surface area contributed by atoms with E-state index in [0.717, 1.165) is 12.8 Å². The van der Waals surface area contributed by atoms with E-state index >= 15 is 0 Å². The number of ether oxygens (including phenoxy) is 2. The van der Waals surface area contributed by atoms with Crippen molar-refractivity contribution in [1.29, 1.82) is 0 Å². The van der Waals surface area contributed by atoms with Crippen LogP contribution in [0.25, 0.3) is 0 Å². The smallest absolute Gasteiger partial charge is 0.345 e. The third-order valence-corrected chi connectivity index (χ3v) is 2.71. The van der Waals surface area contributed by atoms with E-state index < -0.39 is 17.9 Å². The van der Waals surface area contributed by atoms with Crippen molar-refractivity contribution in [2.24, 2.45) is 0 Å². The van der Waals surface area contributed by atoms with E-state index in [9.17, 15) is 14.4 Å². The van der Waals surface area contributed by atoms with Gasteiger partial charge in [0.1, 0.15) is 0 Å². The summed E-state index contributed by atoms with van der Waals surface area (Å²) in [6.07, 6.45) is 2.82. The van der Waals surface area contributed by atoms with Gasteiger partial charge in [-0.05, 0) is 24.6 Å². The quantitative estimate of drug-likeness (QED) is 0.454. The molecule has 0 fully saturated rings. The Kier molecular flexibility index (Phi) is 6.43. The molecule has 20 heavy (non-hydrogen) atoms. The van der Waals surface area contributed by atoms with E-state index in [2.05, 4.69) is 4.74 Å². The summed E-state index contributed by atoms with van der Waals surface area (Å²) in [5.41, 5.74) is 0.386. The van der Waals surface area contributed by atoms with Gasteiger partial charge >= 0.3 is 17.9 Å². The van der Waals surface area contributed by atoms with E-state index in [4.69, 9.17) is 4.74 Å². The second kappa shape index (κ2) is 8.09. The van der Waals surface area contributed by atoms with Crippen LogP contribution in [-0.4, -0.2) is 25.0 Å². The fraction of sp³-hybridized carbons (Fsp3) is 0.400. The fourth-order valence-corrected chi connectivity index (χ4v) is 1.62. The molecule has 0 atom stereocenters. The van der Waals surface area contributed by atoms with Crippen molar-refractivity contribution >= 4 is 17.9 Å². The standard InChI is InChI=1S/C15H18O5/c1-3-4-5-9-13(16)20-15(18)12-8-6-7-11(10-12)14(17)19-2/h6-8,10H,3-5,9H2,1-2H3. The Bertz CT molecular complexity index is 493. The molecule has 0 heterocycles. The van der Waals surface area contributed by atoms with Crippen LogP contribution >= 0.6 is 0 Å². The molecule has 0 bridgehead atoms. The van der Waals surface area contributed by atoms with E-state index in [-0.39, 0.29) is 17.5 Å². The maximum absolute atomic E-state index is 11.8. The molecule has 5 nitrogen and oxygen atoms in total. The molecule has 1 aromatic rings. The van der Waals surface area contributed by atoms with Gasteiger partial charge in [-0.1, -0.05) is 25.8 Å². The lowest BCUT2D eigenvalue weighted by Gasteiger charge is -2.04. The predicted molar refractivity (Wildman–Crippen MR) is 72.3 cm³/mol. The van der Waals surface area contributed by atoms with E-state index in [1.165, 1.54) is 31.4 Å². The van der Waals surface area contributed by atoms with Gasteiger partial charge in [-0.15, -0.1) is 0 Å². The van der Waals surface area contributed by atoms with E-state index in [1.807, 2.05) is 6.92 Å². The Labute approximate surface area is 117 Å². The van der Waals surface area contributed by atoms with Crippen molar-refractivity contribution in [3.05, 3.63) is 35.4 Å². The average molecular weight is 278 g/mol. The topological polar surface area (TPSA) is 69.7 Å². The first-order valence-corrected chi connectivity index (χ1v) is 6.52. The lowest BCUT2D eigenvalue weighted by atomic mass is 10.1. The van der Waals surface area contributed by atoms with E-state index in [0.29, 0.717) is 6.42 Å². The molecule has 0 saturated carbocycles. The molecular weight excluding hydrogens is 260 g/mol. The minimum absolute atomic E-state index is 0.150. The number of hydrogen-bond donors (Lipinski definition) is 0. The van der Waals surface area contributed by atoms with E-state index in [1.54, 1.807) is 0 Å². The summed E-state index contributed by atoms with van der Waals surface area (Å²) in [6, 6.07) is 5.87. The van der Waals surface area contributed by atoms with Gasteiger partial charge in [-0.3, -0.25) is 4.79 Å². The highest BCUT2D eigenvalue weighted by molar-refractivity contribution is 5.99. The molecule has 0 unspecified atom stereocenters. The van der Waals surface area contributed by atoms with Gasteiger partial charge < -0.3 is 9.47 Å². The first-order chi connectivity index (χ1) is 9.58. The summed E-state index contributed by atoms with van der Waals surface area (Å²) in [6.45, 7) is 2.02. The van der Waals surface area contributed by atoms with Crippen LogP contribution in [0, 0.1) is 0 Å². The Morgan fingerprint density at radius 3 is 2.30 bits per heavy atom. The van der Waals surface area contributed by atoms with Gasteiger partial charge in [0.05, 0.1) is 18.2 Å². The van der Waals surface area contributed by atoms with Crippen molar-refractivity contribution < 1.29 is 23.9 Å². The second-order valence-corrected chi connectivity index (χ2v) is 4.29. The van der Waals surface area contributed by atoms with Crippen LogP contribution in [0.1, 0.15) is 53.3 Å². The Morgan fingerprint density at radius 1 is 1.05 bits per heavy atom. The monoisotopic (exact) mass is 278 g/mol. The molecule has 0 aromatic heterocycles. The summed E-state index contributed by atoms with van der Waals surface area (Å²) in [5.74, 6) is -1.85. The summed E-state index contributed by atoms with van der Waals surface area (Å²) in [7, 11) is 1.25. The molecule has 1 rings (SSSR count). The number of benzene rings is 1. The van der Waals surface area contributed by atoms with Gasteiger partial charge in [0.15, 0.2) is 0 Å². The SMILES string of the molecule is CCCCCC(=O)OC(=O)c1cccc(C(=O)OC)c1. The number of methoxy groups -OCH3 is 1. The molecule has 0 aliphatic carbocycles. The molecule has 1 aromatic carbocycles. The summed E-state index contributed by atoms with van der Waals surface area (Å²) in [5, 5.41) is 0. The first kappa shape index (κ1) is 15.9. The number of rotatable bonds is 6. The van der Waals surface area contributed by atoms with Crippen LogP contribution in [0.3, 0.4) is 0 Å². The number of carbonyl (C=O) groups excluding carboxylic acids is 3. The lowest BCUT2D eigenvalue weighted by Crippen LogP contribution is -2.13. The number of esters is 3.